The number of unbranched alkanes of at least 4 members (excludes halogenated alkanes) is 1. The summed E-state index contributed by atoms with van der Waals surface area (Å²) in [7, 11) is 0. The van der Waals surface area contributed by atoms with E-state index in [1.54, 1.807) is 42.5 Å². The molecule has 154 valence electrons. The quantitative estimate of drug-likeness (QED) is 0.477. The molecular weight excluding hydrogens is 376 g/mol. The van der Waals surface area contributed by atoms with Crippen LogP contribution < -0.4 is 15.4 Å². The van der Waals surface area contributed by atoms with E-state index < -0.39 is 0 Å². The Morgan fingerprint density at radius 3 is 2.27 bits per heavy atom. The van der Waals surface area contributed by atoms with Crippen molar-refractivity contribution in [3.8, 4) is 5.75 Å². The molecule has 0 fully saturated rings. The highest BCUT2D eigenvalue weighted by atomic mass is 16.5. The molecule has 5 heteroatoms. The minimum absolute atomic E-state index is 0.219. The number of hydrogen-bond acceptors (Lipinski definition) is 3. The van der Waals surface area contributed by atoms with Gasteiger partial charge in [0, 0.05) is 22.5 Å². The van der Waals surface area contributed by atoms with Gasteiger partial charge in [-0.3, -0.25) is 9.59 Å². The fourth-order valence-electron chi connectivity index (χ4n) is 2.97. The van der Waals surface area contributed by atoms with Crippen LogP contribution in [0.1, 0.15) is 46.0 Å². The van der Waals surface area contributed by atoms with Gasteiger partial charge in [0.15, 0.2) is 0 Å². The molecule has 0 radical (unpaired) electrons. The zero-order valence-corrected chi connectivity index (χ0v) is 17.3. The molecule has 0 aromatic heterocycles. The Labute approximate surface area is 177 Å². The topological polar surface area (TPSA) is 67.4 Å². The molecule has 0 atom stereocenters. The van der Waals surface area contributed by atoms with E-state index in [4.69, 9.17) is 4.74 Å². The van der Waals surface area contributed by atoms with Crippen LogP contribution in [0.5, 0.6) is 5.75 Å². The number of amides is 2. The molecule has 0 aliphatic rings. The zero-order chi connectivity index (χ0) is 21.3. The maximum atomic E-state index is 12.7. The molecule has 0 saturated heterocycles. The maximum absolute atomic E-state index is 12.7. The predicted octanol–water partition coefficient (Wildman–Crippen LogP) is 5.68. The van der Waals surface area contributed by atoms with Gasteiger partial charge in [-0.2, -0.15) is 0 Å². The summed E-state index contributed by atoms with van der Waals surface area (Å²) in [6.45, 7) is 4.60. The Bertz CT molecular complexity index is 999. The van der Waals surface area contributed by atoms with E-state index in [2.05, 4.69) is 17.6 Å². The number of rotatable bonds is 8. The number of anilines is 2. The fourth-order valence-corrected chi connectivity index (χ4v) is 2.97. The van der Waals surface area contributed by atoms with Gasteiger partial charge in [0.25, 0.3) is 11.8 Å². The first-order valence-electron chi connectivity index (χ1n) is 10.1. The van der Waals surface area contributed by atoms with Gasteiger partial charge in [-0.05, 0) is 67.4 Å². The van der Waals surface area contributed by atoms with Crippen molar-refractivity contribution in [2.75, 3.05) is 17.2 Å². The van der Waals surface area contributed by atoms with E-state index >= 15 is 0 Å². The van der Waals surface area contributed by atoms with Crippen LogP contribution in [-0.4, -0.2) is 18.4 Å². The van der Waals surface area contributed by atoms with Gasteiger partial charge in [0.2, 0.25) is 0 Å². The monoisotopic (exact) mass is 402 g/mol. The highest BCUT2D eigenvalue weighted by molar-refractivity contribution is 6.08. The van der Waals surface area contributed by atoms with Crippen LogP contribution in [0.25, 0.3) is 0 Å². The molecule has 2 amide bonds. The summed E-state index contributed by atoms with van der Waals surface area (Å²) in [5.41, 5.74) is 3.06. The van der Waals surface area contributed by atoms with Gasteiger partial charge < -0.3 is 15.4 Å². The first-order chi connectivity index (χ1) is 14.6. The van der Waals surface area contributed by atoms with Crippen molar-refractivity contribution in [3.05, 3.63) is 89.5 Å². The van der Waals surface area contributed by atoms with E-state index in [0.29, 0.717) is 29.0 Å². The lowest BCUT2D eigenvalue weighted by atomic mass is 10.1. The van der Waals surface area contributed by atoms with Gasteiger partial charge >= 0.3 is 0 Å². The summed E-state index contributed by atoms with van der Waals surface area (Å²) in [6, 6.07) is 21.6. The zero-order valence-electron chi connectivity index (χ0n) is 17.3. The Kier molecular flexibility index (Phi) is 7.22. The van der Waals surface area contributed by atoms with E-state index in [0.717, 1.165) is 24.3 Å². The van der Waals surface area contributed by atoms with E-state index in [1.165, 1.54) is 0 Å². The second-order valence-electron chi connectivity index (χ2n) is 6.98. The maximum Gasteiger partial charge on any atom is 0.256 e. The number of carbonyl (C=O) groups excluding carboxylic acids is 2. The summed E-state index contributed by atoms with van der Waals surface area (Å²) >= 11 is 0. The normalized spacial score (nSPS) is 10.3. The van der Waals surface area contributed by atoms with Gasteiger partial charge in [-0.15, -0.1) is 0 Å². The highest BCUT2D eigenvalue weighted by Crippen LogP contribution is 2.22. The van der Waals surface area contributed by atoms with Gasteiger partial charge in [0.05, 0.1) is 6.61 Å². The van der Waals surface area contributed by atoms with Crippen molar-refractivity contribution in [1.82, 2.24) is 0 Å². The number of carbonyl (C=O) groups is 2. The Hall–Kier alpha value is -3.60. The number of ether oxygens (including phenoxy) is 1. The molecule has 5 nitrogen and oxygen atoms in total. The largest absolute Gasteiger partial charge is 0.494 e. The minimum Gasteiger partial charge on any atom is -0.494 e. The summed E-state index contributed by atoms with van der Waals surface area (Å²) in [5, 5.41) is 5.77. The van der Waals surface area contributed by atoms with Crippen molar-refractivity contribution >= 4 is 23.2 Å². The minimum atomic E-state index is -0.237. The van der Waals surface area contributed by atoms with Crippen molar-refractivity contribution in [1.29, 1.82) is 0 Å². The molecule has 3 rings (SSSR count). The van der Waals surface area contributed by atoms with E-state index in [1.807, 2.05) is 37.3 Å². The Balaban J connectivity index is 1.68. The Morgan fingerprint density at radius 2 is 1.57 bits per heavy atom. The van der Waals surface area contributed by atoms with Crippen molar-refractivity contribution in [2.45, 2.75) is 26.7 Å². The average molecular weight is 402 g/mol. The smallest absolute Gasteiger partial charge is 0.256 e. The SMILES string of the molecule is CCCCOc1ccc(C(=O)Nc2cccc(C(=O)Nc3ccccc3)c2C)cc1. The van der Waals surface area contributed by atoms with Crippen LogP contribution in [0.15, 0.2) is 72.8 Å². The number of benzene rings is 3. The van der Waals surface area contributed by atoms with Crippen LogP contribution >= 0.6 is 0 Å². The van der Waals surface area contributed by atoms with Crippen LogP contribution in [0.2, 0.25) is 0 Å². The molecule has 0 unspecified atom stereocenters. The molecule has 3 aromatic rings. The third-order valence-electron chi connectivity index (χ3n) is 4.74. The molecule has 0 spiro atoms. The summed E-state index contributed by atoms with van der Waals surface area (Å²) in [6.07, 6.45) is 2.07. The van der Waals surface area contributed by atoms with Crippen molar-refractivity contribution in [3.63, 3.8) is 0 Å². The lowest BCUT2D eigenvalue weighted by Crippen LogP contribution is -2.17. The number of para-hydroxylation sites is 1. The van der Waals surface area contributed by atoms with Gasteiger partial charge in [-0.25, -0.2) is 0 Å². The first-order valence-corrected chi connectivity index (χ1v) is 10.1. The molecule has 0 heterocycles. The lowest BCUT2D eigenvalue weighted by molar-refractivity contribution is 0.101. The second-order valence-corrected chi connectivity index (χ2v) is 6.98. The van der Waals surface area contributed by atoms with Crippen LogP contribution in [0.3, 0.4) is 0 Å². The standard InChI is InChI=1S/C25H26N2O3/c1-3-4-17-30-21-15-13-19(14-16-21)24(28)27-23-12-8-11-22(18(23)2)25(29)26-20-9-6-5-7-10-20/h5-16H,3-4,17H2,1-2H3,(H,26,29)(H,27,28). The van der Waals surface area contributed by atoms with Gasteiger partial charge in [-0.1, -0.05) is 37.6 Å². The van der Waals surface area contributed by atoms with Gasteiger partial charge in [0.1, 0.15) is 5.75 Å². The molecule has 0 bridgehead atoms. The molecule has 3 aromatic carbocycles. The summed E-state index contributed by atoms with van der Waals surface area (Å²) in [5.74, 6) is 0.290. The summed E-state index contributed by atoms with van der Waals surface area (Å²) in [4.78, 5) is 25.3. The number of hydrogen-bond donors (Lipinski definition) is 2. The molecule has 0 aliphatic heterocycles. The predicted molar refractivity (Wildman–Crippen MR) is 120 cm³/mol. The van der Waals surface area contributed by atoms with Crippen LogP contribution in [-0.2, 0) is 0 Å². The lowest BCUT2D eigenvalue weighted by Gasteiger charge is -2.13. The van der Waals surface area contributed by atoms with Crippen molar-refractivity contribution in [2.24, 2.45) is 0 Å². The third kappa shape index (κ3) is 5.47. The molecular formula is C25H26N2O3. The summed E-state index contributed by atoms with van der Waals surface area (Å²) < 4.78 is 5.63. The van der Waals surface area contributed by atoms with Crippen LogP contribution in [0.4, 0.5) is 11.4 Å². The molecule has 30 heavy (non-hydrogen) atoms. The average Bonchev–Trinajstić information content (AvgIpc) is 2.76. The van der Waals surface area contributed by atoms with E-state index in [-0.39, 0.29) is 11.8 Å². The molecule has 0 saturated carbocycles. The fraction of sp³-hybridized carbons (Fsp3) is 0.200. The van der Waals surface area contributed by atoms with Crippen molar-refractivity contribution < 1.29 is 14.3 Å². The second kappa shape index (κ2) is 10.3. The van der Waals surface area contributed by atoms with Crippen LogP contribution in [0, 0.1) is 6.92 Å². The molecule has 0 aliphatic carbocycles. The molecule has 2 N–H and O–H groups in total. The van der Waals surface area contributed by atoms with E-state index in [9.17, 15) is 9.59 Å². The Morgan fingerprint density at radius 1 is 0.833 bits per heavy atom. The highest BCUT2D eigenvalue weighted by Gasteiger charge is 2.14. The third-order valence-corrected chi connectivity index (χ3v) is 4.74. The number of nitrogens with one attached hydrogen (secondary N) is 2. The first kappa shape index (κ1) is 21.1.